The number of H-pyrrole nitrogens is 1. The van der Waals surface area contributed by atoms with Crippen LogP contribution in [0.15, 0.2) is 11.2 Å². The molecule has 17 heavy (non-hydrogen) atoms. The molecule has 0 aliphatic rings. The summed E-state index contributed by atoms with van der Waals surface area (Å²) in [4.78, 5) is 6.46. The number of aryl methyl sites for hydroxylation is 1. The predicted octanol–water partition coefficient (Wildman–Crippen LogP) is 0.403. The molecular weight excluding hydrogens is 242 g/mol. The highest BCUT2D eigenvalue weighted by molar-refractivity contribution is 7.89. The Morgan fingerprint density at radius 2 is 2.18 bits per heavy atom. The van der Waals surface area contributed by atoms with Crippen LogP contribution in [0.3, 0.4) is 0 Å². The summed E-state index contributed by atoms with van der Waals surface area (Å²) in [5.41, 5.74) is 0. The van der Waals surface area contributed by atoms with E-state index in [-0.39, 0.29) is 11.6 Å². The van der Waals surface area contributed by atoms with Crippen LogP contribution in [0.5, 0.6) is 0 Å². The number of nitrogens with zero attached hydrogens (tertiary/aromatic N) is 1. The summed E-state index contributed by atoms with van der Waals surface area (Å²) in [5.74, 6) is 0.858. The average Bonchev–Trinajstić information content (AvgIpc) is 2.62. The number of aliphatic hydroxyl groups excluding tert-OH is 1. The molecule has 1 aromatic rings. The van der Waals surface area contributed by atoms with Crippen LogP contribution in [0.1, 0.15) is 26.1 Å². The lowest BCUT2D eigenvalue weighted by Crippen LogP contribution is -2.33. The zero-order chi connectivity index (χ0) is 13.1. The number of hydrogen-bond acceptors (Lipinski definition) is 4. The number of aliphatic hydroxyl groups is 1. The van der Waals surface area contributed by atoms with Gasteiger partial charge in [-0.1, -0.05) is 13.8 Å². The normalized spacial score (nSPS) is 14.2. The Morgan fingerprint density at radius 3 is 2.65 bits per heavy atom. The van der Waals surface area contributed by atoms with Crippen LogP contribution in [0, 0.1) is 12.8 Å². The number of sulfonamides is 1. The van der Waals surface area contributed by atoms with Crippen molar-refractivity contribution >= 4 is 10.0 Å². The van der Waals surface area contributed by atoms with Gasteiger partial charge in [0.1, 0.15) is 5.82 Å². The van der Waals surface area contributed by atoms with E-state index in [0.29, 0.717) is 18.2 Å². The molecule has 0 fully saturated rings. The summed E-state index contributed by atoms with van der Waals surface area (Å²) < 4.78 is 25.8. The Labute approximate surface area is 102 Å². The molecule has 0 aliphatic heterocycles. The maximum atomic E-state index is 11.7. The molecule has 7 heteroatoms. The largest absolute Gasteiger partial charge is 0.392 e. The second-order valence-electron chi connectivity index (χ2n) is 4.47. The lowest BCUT2D eigenvalue weighted by atomic mass is 10.1. The van der Waals surface area contributed by atoms with Crippen LogP contribution in [0.4, 0.5) is 0 Å². The Hall–Kier alpha value is -0.920. The second kappa shape index (κ2) is 5.61. The first-order valence-electron chi connectivity index (χ1n) is 5.50. The van der Waals surface area contributed by atoms with Crippen molar-refractivity contribution in [3.8, 4) is 0 Å². The van der Waals surface area contributed by atoms with Gasteiger partial charge in [-0.3, -0.25) is 0 Å². The van der Waals surface area contributed by atoms with Crippen LogP contribution in [0.2, 0.25) is 0 Å². The van der Waals surface area contributed by atoms with E-state index in [2.05, 4.69) is 14.7 Å². The monoisotopic (exact) mass is 261 g/mol. The summed E-state index contributed by atoms with van der Waals surface area (Å²) in [6.07, 6.45) is 1.14. The number of nitrogens with one attached hydrogen (secondary N) is 2. The highest BCUT2D eigenvalue weighted by Crippen LogP contribution is 2.07. The van der Waals surface area contributed by atoms with Crippen molar-refractivity contribution in [3.05, 3.63) is 12.0 Å². The van der Waals surface area contributed by atoms with E-state index in [0.717, 1.165) is 0 Å². The molecular formula is C10H19N3O3S. The van der Waals surface area contributed by atoms with Gasteiger partial charge < -0.3 is 10.1 Å². The highest BCUT2D eigenvalue weighted by Gasteiger charge is 2.18. The van der Waals surface area contributed by atoms with Crippen molar-refractivity contribution in [1.29, 1.82) is 0 Å². The van der Waals surface area contributed by atoms with Gasteiger partial charge in [-0.2, -0.15) is 0 Å². The van der Waals surface area contributed by atoms with E-state index in [9.17, 15) is 13.5 Å². The van der Waals surface area contributed by atoms with Crippen molar-refractivity contribution in [2.24, 2.45) is 5.92 Å². The van der Waals surface area contributed by atoms with Gasteiger partial charge in [0.25, 0.3) is 10.0 Å². The van der Waals surface area contributed by atoms with Gasteiger partial charge >= 0.3 is 0 Å². The summed E-state index contributed by atoms with van der Waals surface area (Å²) in [6.45, 7) is 5.62. The van der Waals surface area contributed by atoms with Crippen molar-refractivity contribution < 1.29 is 13.5 Å². The Morgan fingerprint density at radius 1 is 1.53 bits per heavy atom. The Balaban J connectivity index is 2.56. The number of hydrogen-bond donors (Lipinski definition) is 3. The van der Waals surface area contributed by atoms with E-state index < -0.39 is 16.1 Å². The molecule has 0 spiro atoms. The van der Waals surface area contributed by atoms with E-state index in [1.54, 1.807) is 6.92 Å². The highest BCUT2D eigenvalue weighted by atomic mass is 32.2. The molecule has 1 aromatic heterocycles. The van der Waals surface area contributed by atoms with Gasteiger partial charge in [0, 0.05) is 6.54 Å². The maximum Gasteiger partial charge on any atom is 0.257 e. The first kappa shape index (κ1) is 14.1. The molecule has 1 heterocycles. The molecule has 1 atom stereocenters. The standard InChI is InChI=1S/C10H19N3O3S/c1-7(2)4-9(14)5-12-17(15,16)10-6-11-8(3)13-10/h6-7,9,12,14H,4-5H2,1-3H3,(H,11,13). The minimum Gasteiger partial charge on any atom is -0.392 e. The van der Waals surface area contributed by atoms with Gasteiger partial charge in [-0.25, -0.2) is 18.1 Å². The van der Waals surface area contributed by atoms with Gasteiger partial charge in [0.15, 0.2) is 5.03 Å². The molecule has 1 unspecified atom stereocenters. The first-order chi connectivity index (χ1) is 7.81. The molecule has 0 bridgehead atoms. The summed E-state index contributed by atoms with van der Waals surface area (Å²) in [5, 5.41) is 9.60. The maximum absolute atomic E-state index is 11.7. The van der Waals surface area contributed by atoms with E-state index >= 15 is 0 Å². The molecule has 1 rings (SSSR count). The second-order valence-corrected chi connectivity index (χ2v) is 6.20. The van der Waals surface area contributed by atoms with E-state index in [1.807, 2.05) is 13.8 Å². The van der Waals surface area contributed by atoms with Crippen LogP contribution >= 0.6 is 0 Å². The topological polar surface area (TPSA) is 95.1 Å². The quantitative estimate of drug-likeness (QED) is 0.691. The SMILES string of the molecule is Cc1ncc(S(=O)(=O)NCC(O)CC(C)C)[nH]1. The average molecular weight is 261 g/mol. The predicted molar refractivity (Wildman–Crippen MR) is 64.0 cm³/mol. The molecule has 3 N–H and O–H groups in total. The zero-order valence-corrected chi connectivity index (χ0v) is 11.1. The fourth-order valence-electron chi connectivity index (χ4n) is 1.45. The summed E-state index contributed by atoms with van der Waals surface area (Å²) >= 11 is 0. The van der Waals surface area contributed by atoms with E-state index in [4.69, 9.17) is 0 Å². The fourth-order valence-corrected chi connectivity index (χ4v) is 2.49. The summed E-state index contributed by atoms with van der Waals surface area (Å²) in [6, 6.07) is 0. The third-order valence-electron chi connectivity index (χ3n) is 2.22. The minimum absolute atomic E-state index is 0.0125. The lowest BCUT2D eigenvalue weighted by Gasteiger charge is -2.13. The molecule has 0 radical (unpaired) electrons. The number of rotatable bonds is 6. The molecule has 0 aromatic carbocycles. The Bertz CT molecular complexity index is 453. The first-order valence-corrected chi connectivity index (χ1v) is 6.99. The molecule has 0 saturated carbocycles. The lowest BCUT2D eigenvalue weighted by molar-refractivity contribution is 0.152. The van der Waals surface area contributed by atoms with Gasteiger partial charge in [0.2, 0.25) is 0 Å². The van der Waals surface area contributed by atoms with Crippen molar-refractivity contribution in [2.45, 2.75) is 38.3 Å². The van der Waals surface area contributed by atoms with Gasteiger partial charge in [-0.15, -0.1) is 0 Å². The van der Waals surface area contributed by atoms with Crippen LogP contribution < -0.4 is 4.72 Å². The Kier molecular flexibility index (Phi) is 4.67. The van der Waals surface area contributed by atoms with E-state index in [1.165, 1.54) is 6.20 Å². The summed E-state index contributed by atoms with van der Waals surface area (Å²) in [7, 11) is -3.60. The van der Waals surface area contributed by atoms with Crippen LogP contribution in [0.25, 0.3) is 0 Å². The van der Waals surface area contributed by atoms with Crippen LogP contribution in [-0.4, -0.2) is 36.1 Å². The fraction of sp³-hybridized carbons (Fsp3) is 0.700. The minimum atomic E-state index is -3.60. The van der Waals surface area contributed by atoms with Crippen LogP contribution in [-0.2, 0) is 10.0 Å². The molecule has 0 aliphatic carbocycles. The number of aromatic amines is 1. The smallest absolute Gasteiger partial charge is 0.257 e. The van der Waals surface area contributed by atoms with Crippen molar-refractivity contribution in [1.82, 2.24) is 14.7 Å². The zero-order valence-electron chi connectivity index (χ0n) is 10.3. The third kappa shape index (κ3) is 4.45. The van der Waals surface area contributed by atoms with Crippen molar-refractivity contribution in [3.63, 3.8) is 0 Å². The molecule has 98 valence electrons. The van der Waals surface area contributed by atoms with Gasteiger partial charge in [0.05, 0.1) is 12.3 Å². The number of imidazole rings is 1. The molecule has 0 saturated heterocycles. The molecule has 6 nitrogen and oxygen atoms in total. The van der Waals surface area contributed by atoms with Crippen molar-refractivity contribution in [2.75, 3.05) is 6.54 Å². The number of aromatic nitrogens is 2. The van der Waals surface area contributed by atoms with Gasteiger partial charge in [-0.05, 0) is 19.3 Å². The molecule has 0 amide bonds. The third-order valence-corrected chi connectivity index (χ3v) is 3.55.